The second-order valence-electron chi connectivity index (χ2n) is 4.53. The van der Waals surface area contributed by atoms with Gasteiger partial charge in [0, 0.05) is 29.8 Å². The molecule has 0 N–H and O–H groups in total. The van der Waals surface area contributed by atoms with E-state index in [0.717, 1.165) is 0 Å². The Balaban J connectivity index is 0.000000366. The van der Waals surface area contributed by atoms with E-state index in [-0.39, 0.29) is 23.4 Å². The highest BCUT2D eigenvalue weighted by atomic mass is 16.1. The second-order valence-corrected chi connectivity index (χ2v) is 4.53. The second kappa shape index (κ2) is 7.71. The van der Waals surface area contributed by atoms with E-state index in [9.17, 15) is 9.59 Å². The van der Waals surface area contributed by atoms with Gasteiger partial charge in [-0.25, -0.2) is 0 Å². The van der Waals surface area contributed by atoms with Crippen LogP contribution in [0.4, 0.5) is 0 Å². The molecule has 0 bridgehead atoms. The van der Waals surface area contributed by atoms with E-state index in [1.54, 1.807) is 31.5 Å². The molecule has 0 aliphatic heterocycles. The lowest BCUT2D eigenvalue weighted by Gasteiger charge is -2.01. The zero-order valence-corrected chi connectivity index (χ0v) is 11.2. The minimum Gasteiger partial charge on any atom is -0.300 e. The van der Waals surface area contributed by atoms with Crippen molar-refractivity contribution >= 4 is 11.6 Å². The highest BCUT2D eigenvalue weighted by molar-refractivity contribution is 5.97. The first-order chi connectivity index (χ1) is 7.86. The molecule has 0 atom stereocenters. The van der Waals surface area contributed by atoms with Gasteiger partial charge < -0.3 is 0 Å². The molecule has 3 nitrogen and oxygen atoms in total. The fourth-order valence-electron chi connectivity index (χ4n) is 0.842. The SMILES string of the molecule is CC(=O)C(C)C.CC(C)C(=O)c1cccnc1. The maximum atomic E-state index is 11.3. The maximum Gasteiger partial charge on any atom is 0.166 e. The lowest BCUT2D eigenvalue weighted by Crippen LogP contribution is -2.07. The molecule has 94 valence electrons. The zero-order chi connectivity index (χ0) is 13.4. The number of hydrogen-bond donors (Lipinski definition) is 0. The van der Waals surface area contributed by atoms with Gasteiger partial charge in [-0.15, -0.1) is 0 Å². The summed E-state index contributed by atoms with van der Waals surface area (Å²) in [6.07, 6.45) is 3.26. The Morgan fingerprint density at radius 2 is 1.65 bits per heavy atom. The Morgan fingerprint density at radius 3 is 1.94 bits per heavy atom. The zero-order valence-electron chi connectivity index (χ0n) is 11.2. The van der Waals surface area contributed by atoms with Gasteiger partial charge in [-0.1, -0.05) is 27.7 Å². The van der Waals surface area contributed by atoms with Gasteiger partial charge in [-0.3, -0.25) is 14.6 Å². The number of aromatic nitrogens is 1. The quantitative estimate of drug-likeness (QED) is 0.756. The summed E-state index contributed by atoms with van der Waals surface area (Å²) in [5.74, 6) is 0.678. The monoisotopic (exact) mass is 235 g/mol. The lowest BCUT2D eigenvalue weighted by molar-refractivity contribution is -0.119. The molecular weight excluding hydrogens is 214 g/mol. The van der Waals surface area contributed by atoms with Crippen LogP contribution in [0.15, 0.2) is 24.5 Å². The molecule has 0 saturated heterocycles. The van der Waals surface area contributed by atoms with Crippen molar-refractivity contribution in [2.24, 2.45) is 11.8 Å². The van der Waals surface area contributed by atoms with Gasteiger partial charge in [0.05, 0.1) is 0 Å². The van der Waals surface area contributed by atoms with Gasteiger partial charge in [-0.2, -0.15) is 0 Å². The molecular formula is C14H21NO2. The van der Waals surface area contributed by atoms with Crippen molar-refractivity contribution in [1.29, 1.82) is 0 Å². The highest BCUT2D eigenvalue weighted by Gasteiger charge is 2.08. The Morgan fingerprint density at radius 1 is 1.12 bits per heavy atom. The summed E-state index contributed by atoms with van der Waals surface area (Å²) in [6, 6.07) is 3.56. The minimum atomic E-state index is 0.0548. The van der Waals surface area contributed by atoms with Crippen molar-refractivity contribution in [3.8, 4) is 0 Å². The molecule has 0 radical (unpaired) electrons. The average molecular weight is 235 g/mol. The number of carbonyl (C=O) groups excluding carboxylic acids is 2. The summed E-state index contributed by atoms with van der Waals surface area (Å²) < 4.78 is 0. The molecule has 0 saturated carbocycles. The molecule has 0 aliphatic rings. The largest absolute Gasteiger partial charge is 0.300 e. The van der Waals surface area contributed by atoms with Crippen LogP contribution in [0, 0.1) is 11.8 Å². The van der Waals surface area contributed by atoms with E-state index < -0.39 is 0 Å². The van der Waals surface area contributed by atoms with Crippen LogP contribution < -0.4 is 0 Å². The molecule has 0 spiro atoms. The van der Waals surface area contributed by atoms with Gasteiger partial charge in [0.15, 0.2) is 5.78 Å². The van der Waals surface area contributed by atoms with E-state index >= 15 is 0 Å². The van der Waals surface area contributed by atoms with Crippen LogP contribution in [0.2, 0.25) is 0 Å². The summed E-state index contributed by atoms with van der Waals surface area (Å²) in [7, 11) is 0. The minimum absolute atomic E-state index is 0.0548. The van der Waals surface area contributed by atoms with Crippen LogP contribution >= 0.6 is 0 Å². The molecule has 3 heteroatoms. The summed E-state index contributed by atoms with van der Waals surface area (Å²) >= 11 is 0. The van der Waals surface area contributed by atoms with Gasteiger partial charge in [0.25, 0.3) is 0 Å². The van der Waals surface area contributed by atoms with Gasteiger partial charge in [0.1, 0.15) is 5.78 Å². The molecule has 0 fully saturated rings. The van der Waals surface area contributed by atoms with E-state index in [0.29, 0.717) is 5.56 Å². The van der Waals surface area contributed by atoms with E-state index in [1.165, 1.54) is 0 Å². The number of nitrogens with zero attached hydrogens (tertiary/aromatic N) is 1. The number of ketones is 2. The standard InChI is InChI=1S/C9H11NO.C5H10O/c1-7(2)9(11)8-4-3-5-10-6-8;1-4(2)5(3)6/h3-7H,1-2H3;4H,1-3H3. The Bertz CT molecular complexity index is 356. The smallest absolute Gasteiger partial charge is 0.166 e. The number of carbonyl (C=O) groups is 2. The third-order valence-corrected chi connectivity index (χ3v) is 2.28. The Hall–Kier alpha value is -1.51. The first kappa shape index (κ1) is 15.5. The average Bonchev–Trinajstić information content (AvgIpc) is 2.29. The predicted octanol–water partition coefficient (Wildman–Crippen LogP) is 3.15. The highest BCUT2D eigenvalue weighted by Crippen LogP contribution is 2.05. The molecule has 1 rings (SSSR count). The van der Waals surface area contributed by atoms with Crippen molar-refractivity contribution < 1.29 is 9.59 Å². The summed E-state index contributed by atoms with van der Waals surface area (Å²) in [4.78, 5) is 25.3. The number of rotatable bonds is 3. The van der Waals surface area contributed by atoms with Gasteiger partial charge in [0.2, 0.25) is 0 Å². The summed E-state index contributed by atoms with van der Waals surface area (Å²) in [5, 5.41) is 0. The lowest BCUT2D eigenvalue weighted by atomic mass is 10.0. The summed E-state index contributed by atoms with van der Waals surface area (Å²) in [5.41, 5.74) is 0.697. The number of hydrogen-bond acceptors (Lipinski definition) is 3. The van der Waals surface area contributed by atoms with E-state index in [1.807, 2.05) is 27.7 Å². The van der Waals surface area contributed by atoms with Gasteiger partial charge >= 0.3 is 0 Å². The van der Waals surface area contributed by atoms with Crippen LogP contribution in [-0.2, 0) is 4.79 Å². The van der Waals surface area contributed by atoms with Crippen LogP contribution in [0.25, 0.3) is 0 Å². The summed E-state index contributed by atoms with van der Waals surface area (Å²) in [6.45, 7) is 9.15. The molecule has 0 aromatic carbocycles. The predicted molar refractivity (Wildman–Crippen MR) is 68.9 cm³/mol. The van der Waals surface area contributed by atoms with Crippen LogP contribution in [0.1, 0.15) is 45.0 Å². The molecule has 0 unspecified atom stereocenters. The van der Waals surface area contributed by atoms with E-state index in [4.69, 9.17) is 0 Å². The van der Waals surface area contributed by atoms with Crippen LogP contribution in [-0.4, -0.2) is 16.6 Å². The normalized spacial score (nSPS) is 9.82. The van der Waals surface area contributed by atoms with Crippen molar-refractivity contribution in [3.63, 3.8) is 0 Å². The maximum absolute atomic E-state index is 11.3. The Labute approximate surface area is 103 Å². The Kier molecular flexibility index (Phi) is 7.03. The molecule has 0 amide bonds. The van der Waals surface area contributed by atoms with Gasteiger partial charge in [-0.05, 0) is 19.1 Å². The van der Waals surface area contributed by atoms with Crippen molar-refractivity contribution in [3.05, 3.63) is 30.1 Å². The van der Waals surface area contributed by atoms with Crippen molar-refractivity contribution in [1.82, 2.24) is 4.98 Å². The van der Waals surface area contributed by atoms with Crippen molar-refractivity contribution in [2.45, 2.75) is 34.6 Å². The molecule has 17 heavy (non-hydrogen) atoms. The molecule has 1 aromatic heterocycles. The van der Waals surface area contributed by atoms with Crippen LogP contribution in [0.5, 0.6) is 0 Å². The molecule has 0 aliphatic carbocycles. The number of pyridine rings is 1. The third-order valence-electron chi connectivity index (χ3n) is 2.28. The molecule has 1 heterocycles. The van der Waals surface area contributed by atoms with E-state index in [2.05, 4.69) is 4.98 Å². The first-order valence-corrected chi connectivity index (χ1v) is 5.81. The fraction of sp³-hybridized carbons (Fsp3) is 0.500. The third kappa shape index (κ3) is 6.61. The topological polar surface area (TPSA) is 47.0 Å². The first-order valence-electron chi connectivity index (χ1n) is 5.81. The number of Topliss-reactive ketones (excluding diaryl/α,β-unsaturated/α-hetero) is 2. The molecule has 1 aromatic rings. The van der Waals surface area contributed by atoms with Crippen molar-refractivity contribution in [2.75, 3.05) is 0 Å². The fourth-order valence-corrected chi connectivity index (χ4v) is 0.842. The van der Waals surface area contributed by atoms with Crippen LogP contribution in [0.3, 0.4) is 0 Å².